The van der Waals surface area contributed by atoms with E-state index in [9.17, 15) is 4.79 Å². The van der Waals surface area contributed by atoms with Crippen LogP contribution in [-0.2, 0) is 9.53 Å². The van der Waals surface area contributed by atoms with Gasteiger partial charge in [-0.2, -0.15) is 0 Å². The van der Waals surface area contributed by atoms with E-state index in [1.54, 1.807) is 7.11 Å². The third-order valence-electron chi connectivity index (χ3n) is 2.11. The molecule has 0 spiro atoms. The van der Waals surface area contributed by atoms with Crippen LogP contribution in [0.5, 0.6) is 0 Å². The largest absolute Gasteiger partial charge is 0.385 e. The van der Waals surface area contributed by atoms with Crippen molar-refractivity contribution in [1.29, 1.82) is 0 Å². The zero-order chi connectivity index (χ0) is 12.6. The van der Waals surface area contributed by atoms with Crippen molar-refractivity contribution < 1.29 is 9.53 Å². The molecule has 16 heavy (non-hydrogen) atoms. The molecular formula is C12H26N2O2. The Labute approximate surface area is 99.1 Å². The highest BCUT2D eigenvalue weighted by atomic mass is 16.5. The Bertz CT molecular complexity index is 200. The Hall–Kier alpha value is -0.610. The van der Waals surface area contributed by atoms with Gasteiger partial charge in [0.2, 0.25) is 5.91 Å². The molecule has 0 aromatic carbocycles. The van der Waals surface area contributed by atoms with Gasteiger partial charge in [-0.25, -0.2) is 0 Å². The molecule has 2 N–H and O–H groups in total. The number of carbonyl (C=O) groups excluding carboxylic acids is 1. The Balaban J connectivity index is 3.54. The first kappa shape index (κ1) is 15.4. The normalized spacial score (nSPS) is 13.6. The maximum atomic E-state index is 11.5. The molecule has 0 aliphatic carbocycles. The second-order valence-electron chi connectivity index (χ2n) is 5.18. The van der Waals surface area contributed by atoms with Crippen LogP contribution in [0.1, 0.15) is 40.5 Å². The van der Waals surface area contributed by atoms with Gasteiger partial charge in [0.15, 0.2) is 0 Å². The highest BCUT2D eigenvalue weighted by Crippen LogP contribution is 1.99. The minimum atomic E-state index is -0.140. The number of ether oxygens (including phenoxy) is 1. The summed E-state index contributed by atoms with van der Waals surface area (Å²) in [5.74, 6) is 0.0962. The van der Waals surface area contributed by atoms with Gasteiger partial charge in [0, 0.05) is 38.3 Å². The lowest BCUT2D eigenvalue weighted by atomic mass is 10.1. The van der Waals surface area contributed by atoms with Crippen LogP contribution in [0.4, 0.5) is 0 Å². The first-order valence-corrected chi connectivity index (χ1v) is 5.88. The molecule has 1 atom stereocenters. The lowest BCUT2D eigenvalue weighted by molar-refractivity contribution is -0.122. The number of amides is 1. The monoisotopic (exact) mass is 230 g/mol. The number of nitrogens with one attached hydrogen (secondary N) is 2. The van der Waals surface area contributed by atoms with E-state index in [0.29, 0.717) is 19.0 Å². The second kappa shape index (κ2) is 7.63. The van der Waals surface area contributed by atoms with Crippen LogP contribution in [0.25, 0.3) is 0 Å². The molecular weight excluding hydrogens is 204 g/mol. The van der Waals surface area contributed by atoms with Crippen LogP contribution < -0.4 is 10.6 Å². The Kier molecular flexibility index (Phi) is 7.34. The molecule has 4 heteroatoms. The van der Waals surface area contributed by atoms with Crippen molar-refractivity contribution in [3.05, 3.63) is 0 Å². The maximum Gasteiger partial charge on any atom is 0.221 e. The Morgan fingerprint density at radius 2 is 2.00 bits per heavy atom. The topological polar surface area (TPSA) is 50.4 Å². The van der Waals surface area contributed by atoms with Crippen molar-refractivity contribution in [2.24, 2.45) is 0 Å². The molecule has 4 nitrogen and oxygen atoms in total. The molecule has 0 aliphatic heterocycles. The predicted molar refractivity (Wildman–Crippen MR) is 66.5 cm³/mol. The van der Waals surface area contributed by atoms with Gasteiger partial charge in [-0.3, -0.25) is 4.79 Å². The summed E-state index contributed by atoms with van der Waals surface area (Å²) < 4.78 is 4.99. The van der Waals surface area contributed by atoms with Gasteiger partial charge in [0.25, 0.3) is 0 Å². The SMILES string of the molecule is COCCC(C)NCCC(=O)NC(C)(C)C. The molecule has 1 unspecified atom stereocenters. The molecule has 0 aromatic heterocycles. The summed E-state index contributed by atoms with van der Waals surface area (Å²) in [5, 5.41) is 6.23. The zero-order valence-electron chi connectivity index (χ0n) is 11.2. The van der Waals surface area contributed by atoms with Crippen LogP contribution >= 0.6 is 0 Å². The van der Waals surface area contributed by atoms with Crippen molar-refractivity contribution >= 4 is 5.91 Å². The van der Waals surface area contributed by atoms with E-state index in [1.807, 2.05) is 20.8 Å². The number of carbonyl (C=O) groups is 1. The third-order valence-corrected chi connectivity index (χ3v) is 2.11. The van der Waals surface area contributed by atoms with Crippen molar-refractivity contribution in [2.45, 2.75) is 52.1 Å². The highest BCUT2D eigenvalue weighted by molar-refractivity contribution is 5.76. The molecule has 0 aromatic rings. The van der Waals surface area contributed by atoms with Crippen LogP contribution in [0, 0.1) is 0 Å². The van der Waals surface area contributed by atoms with E-state index >= 15 is 0 Å². The molecule has 0 radical (unpaired) electrons. The summed E-state index contributed by atoms with van der Waals surface area (Å²) >= 11 is 0. The molecule has 0 fully saturated rings. The zero-order valence-corrected chi connectivity index (χ0v) is 11.2. The number of rotatable bonds is 7. The third kappa shape index (κ3) is 9.93. The van der Waals surface area contributed by atoms with Gasteiger partial charge < -0.3 is 15.4 Å². The molecule has 0 saturated heterocycles. The highest BCUT2D eigenvalue weighted by Gasteiger charge is 2.13. The van der Waals surface area contributed by atoms with Crippen LogP contribution in [-0.4, -0.2) is 37.7 Å². The lowest BCUT2D eigenvalue weighted by Crippen LogP contribution is -2.42. The van der Waals surface area contributed by atoms with Gasteiger partial charge in [0.05, 0.1) is 0 Å². The minimum absolute atomic E-state index is 0.0962. The van der Waals surface area contributed by atoms with Crippen LogP contribution in [0.3, 0.4) is 0 Å². The van der Waals surface area contributed by atoms with Gasteiger partial charge >= 0.3 is 0 Å². The van der Waals surface area contributed by atoms with Gasteiger partial charge in [0.1, 0.15) is 0 Å². The summed E-state index contributed by atoms with van der Waals surface area (Å²) in [4.78, 5) is 11.5. The van der Waals surface area contributed by atoms with Crippen molar-refractivity contribution in [2.75, 3.05) is 20.3 Å². The second-order valence-corrected chi connectivity index (χ2v) is 5.18. The van der Waals surface area contributed by atoms with Gasteiger partial charge in [-0.1, -0.05) is 0 Å². The average Bonchev–Trinajstić information content (AvgIpc) is 2.11. The lowest BCUT2D eigenvalue weighted by Gasteiger charge is -2.21. The van der Waals surface area contributed by atoms with E-state index in [-0.39, 0.29) is 11.4 Å². The molecule has 0 rings (SSSR count). The maximum absolute atomic E-state index is 11.5. The first-order valence-electron chi connectivity index (χ1n) is 5.88. The van der Waals surface area contributed by atoms with Crippen molar-refractivity contribution in [3.63, 3.8) is 0 Å². The standard InChI is InChI=1S/C12H26N2O2/c1-10(7-9-16-5)13-8-6-11(15)14-12(2,3)4/h10,13H,6-9H2,1-5H3,(H,14,15). The summed E-state index contributed by atoms with van der Waals surface area (Å²) in [6.45, 7) is 9.52. The van der Waals surface area contributed by atoms with E-state index in [4.69, 9.17) is 4.74 Å². The number of methoxy groups -OCH3 is 1. The van der Waals surface area contributed by atoms with E-state index in [1.165, 1.54) is 0 Å². The number of hydrogen-bond donors (Lipinski definition) is 2. The fourth-order valence-electron chi connectivity index (χ4n) is 1.31. The summed E-state index contributed by atoms with van der Waals surface area (Å²) in [7, 11) is 1.70. The summed E-state index contributed by atoms with van der Waals surface area (Å²) in [6, 6.07) is 0.391. The predicted octanol–water partition coefficient (Wildman–Crippen LogP) is 1.31. The average molecular weight is 230 g/mol. The summed E-state index contributed by atoms with van der Waals surface area (Å²) in [6.07, 6.45) is 1.49. The van der Waals surface area contributed by atoms with Gasteiger partial charge in [-0.15, -0.1) is 0 Å². The van der Waals surface area contributed by atoms with Crippen molar-refractivity contribution in [3.8, 4) is 0 Å². The molecule has 96 valence electrons. The van der Waals surface area contributed by atoms with E-state index < -0.39 is 0 Å². The molecule has 0 heterocycles. The number of hydrogen-bond acceptors (Lipinski definition) is 3. The van der Waals surface area contributed by atoms with Crippen LogP contribution in [0.2, 0.25) is 0 Å². The molecule has 0 bridgehead atoms. The fourth-order valence-corrected chi connectivity index (χ4v) is 1.31. The van der Waals surface area contributed by atoms with E-state index in [0.717, 1.165) is 13.0 Å². The Morgan fingerprint density at radius 1 is 1.38 bits per heavy atom. The minimum Gasteiger partial charge on any atom is -0.385 e. The van der Waals surface area contributed by atoms with Gasteiger partial charge in [-0.05, 0) is 34.1 Å². The molecule has 0 aliphatic rings. The molecule has 0 saturated carbocycles. The quantitative estimate of drug-likeness (QED) is 0.693. The van der Waals surface area contributed by atoms with E-state index in [2.05, 4.69) is 17.6 Å². The van der Waals surface area contributed by atoms with Crippen LogP contribution in [0.15, 0.2) is 0 Å². The fraction of sp³-hybridized carbons (Fsp3) is 0.917. The summed E-state index contributed by atoms with van der Waals surface area (Å²) in [5.41, 5.74) is -0.140. The first-order chi connectivity index (χ1) is 7.35. The Morgan fingerprint density at radius 3 is 2.50 bits per heavy atom. The molecule has 1 amide bonds. The smallest absolute Gasteiger partial charge is 0.221 e. The van der Waals surface area contributed by atoms with Crippen molar-refractivity contribution in [1.82, 2.24) is 10.6 Å².